The molecule has 0 aliphatic carbocycles. The predicted molar refractivity (Wildman–Crippen MR) is 79.4 cm³/mol. The van der Waals surface area contributed by atoms with Crippen LogP contribution >= 0.6 is 0 Å². The molecule has 0 spiro atoms. The Morgan fingerprint density at radius 3 is 2.80 bits per heavy atom. The van der Waals surface area contributed by atoms with Gasteiger partial charge in [0.05, 0.1) is 7.11 Å². The van der Waals surface area contributed by atoms with Gasteiger partial charge >= 0.3 is 5.97 Å². The maximum absolute atomic E-state index is 12.0. The van der Waals surface area contributed by atoms with Gasteiger partial charge in [0.15, 0.2) is 0 Å². The topological polar surface area (TPSA) is 41.6 Å². The molecule has 4 nitrogen and oxygen atoms in total. The van der Waals surface area contributed by atoms with Gasteiger partial charge in [0.25, 0.3) is 0 Å². The summed E-state index contributed by atoms with van der Waals surface area (Å²) in [6, 6.07) is 10.7. The summed E-state index contributed by atoms with van der Waals surface area (Å²) < 4.78 is 4.97. The van der Waals surface area contributed by atoms with Gasteiger partial charge in [0.1, 0.15) is 5.54 Å². The van der Waals surface area contributed by atoms with Crippen LogP contribution in [0.2, 0.25) is 0 Å². The first-order valence-corrected chi connectivity index (χ1v) is 7.13. The number of carbonyl (C=O) groups excluding carboxylic acids is 1. The minimum Gasteiger partial charge on any atom is -0.468 e. The highest BCUT2D eigenvalue weighted by molar-refractivity contribution is 5.80. The Balaban J connectivity index is 1.95. The summed E-state index contributed by atoms with van der Waals surface area (Å²) in [5, 5.41) is 3.56. The monoisotopic (exact) mass is 276 g/mol. The lowest BCUT2D eigenvalue weighted by molar-refractivity contribution is -0.156. The summed E-state index contributed by atoms with van der Waals surface area (Å²) in [7, 11) is 3.45. The van der Waals surface area contributed by atoms with E-state index in [9.17, 15) is 4.79 Å². The van der Waals surface area contributed by atoms with Gasteiger partial charge < -0.3 is 10.1 Å². The third kappa shape index (κ3) is 3.19. The number of ether oxygens (including phenoxy) is 1. The van der Waals surface area contributed by atoms with E-state index in [1.165, 1.54) is 12.7 Å². The van der Waals surface area contributed by atoms with Gasteiger partial charge in [-0.15, -0.1) is 0 Å². The van der Waals surface area contributed by atoms with E-state index in [1.54, 1.807) is 0 Å². The molecule has 0 saturated carbocycles. The van der Waals surface area contributed by atoms with Gasteiger partial charge in [-0.25, -0.2) is 0 Å². The van der Waals surface area contributed by atoms with Crippen molar-refractivity contribution >= 4 is 5.97 Å². The minimum atomic E-state index is -0.526. The third-order valence-corrected chi connectivity index (χ3v) is 4.36. The van der Waals surface area contributed by atoms with Crippen LogP contribution in [0.5, 0.6) is 0 Å². The molecule has 2 rings (SSSR count). The summed E-state index contributed by atoms with van der Waals surface area (Å²) in [4.78, 5) is 14.1. The second-order valence-electron chi connectivity index (χ2n) is 5.74. The van der Waals surface area contributed by atoms with Crippen molar-refractivity contribution in [2.45, 2.75) is 37.9 Å². The predicted octanol–water partition coefficient (Wildman–Crippen LogP) is 1.80. The molecular weight excluding hydrogens is 252 g/mol. The van der Waals surface area contributed by atoms with E-state index in [0.717, 1.165) is 25.9 Å². The number of benzene rings is 1. The zero-order chi connectivity index (χ0) is 14.6. The average molecular weight is 276 g/mol. The normalized spacial score (nSPS) is 27.2. The van der Waals surface area contributed by atoms with E-state index in [1.807, 2.05) is 32.2 Å². The summed E-state index contributed by atoms with van der Waals surface area (Å²) in [6.45, 7) is 3.71. The molecule has 20 heavy (non-hydrogen) atoms. The maximum atomic E-state index is 12.0. The molecule has 110 valence electrons. The molecule has 0 aromatic heterocycles. The van der Waals surface area contributed by atoms with Gasteiger partial charge in [0.2, 0.25) is 0 Å². The average Bonchev–Trinajstić information content (AvgIpc) is 2.48. The molecule has 1 aromatic carbocycles. The first kappa shape index (κ1) is 15.0. The molecule has 4 heteroatoms. The zero-order valence-electron chi connectivity index (χ0n) is 12.6. The number of nitrogens with one attached hydrogen (secondary N) is 1. The number of esters is 1. The number of carbonyl (C=O) groups is 1. The molecule has 0 radical (unpaired) electrons. The fraction of sp³-hybridized carbons (Fsp3) is 0.562. The van der Waals surface area contributed by atoms with E-state index < -0.39 is 5.54 Å². The molecule has 0 amide bonds. The van der Waals surface area contributed by atoms with E-state index in [2.05, 4.69) is 22.3 Å². The van der Waals surface area contributed by atoms with E-state index in [-0.39, 0.29) is 5.97 Å². The third-order valence-electron chi connectivity index (χ3n) is 4.36. The first-order valence-electron chi connectivity index (χ1n) is 7.13. The quantitative estimate of drug-likeness (QED) is 0.852. The van der Waals surface area contributed by atoms with Gasteiger partial charge in [-0.2, -0.15) is 0 Å². The van der Waals surface area contributed by atoms with Crippen LogP contribution in [-0.4, -0.2) is 43.2 Å². The maximum Gasteiger partial charge on any atom is 0.326 e. The fourth-order valence-electron chi connectivity index (χ4n) is 2.83. The number of likely N-dealkylation sites (tertiary alicyclic amines) is 1. The van der Waals surface area contributed by atoms with E-state index >= 15 is 0 Å². The number of methoxy groups -OCH3 is 1. The highest BCUT2D eigenvalue weighted by Crippen LogP contribution is 2.28. The van der Waals surface area contributed by atoms with Crippen LogP contribution in [-0.2, 0) is 16.1 Å². The Bertz CT molecular complexity index is 449. The minimum absolute atomic E-state index is 0.147. The number of hydrogen-bond donors (Lipinski definition) is 1. The standard InChI is InChI=1S/C16H24N2O2/c1-16(15(19)20-3)11-14(9-10-18(16)2)17-12-13-7-5-4-6-8-13/h4-8,14,17H,9-12H2,1-3H3. The van der Waals surface area contributed by atoms with Crippen molar-refractivity contribution in [3.8, 4) is 0 Å². The number of hydrogen-bond acceptors (Lipinski definition) is 4. The van der Waals surface area contributed by atoms with Crippen molar-refractivity contribution < 1.29 is 9.53 Å². The summed E-state index contributed by atoms with van der Waals surface area (Å²) in [5.41, 5.74) is 0.743. The van der Waals surface area contributed by atoms with Gasteiger partial charge in [-0.3, -0.25) is 9.69 Å². The van der Waals surface area contributed by atoms with Crippen LogP contribution in [0, 0.1) is 0 Å². The van der Waals surface area contributed by atoms with Crippen molar-refractivity contribution in [1.29, 1.82) is 0 Å². The Morgan fingerprint density at radius 1 is 1.45 bits per heavy atom. The summed E-state index contributed by atoms with van der Waals surface area (Å²) in [6.07, 6.45) is 1.83. The molecule has 1 saturated heterocycles. The van der Waals surface area contributed by atoms with Crippen LogP contribution < -0.4 is 5.32 Å². The van der Waals surface area contributed by atoms with Crippen molar-refractivity contribution in [3.05, 3.63) is 35.9 Å². The SMILES string of the molecule is COC(=O)C1(C)CC(NCc2ccccc2)CCN1C. The van der Waals surface area contributed by atoms with Gasteiger partial charge in [-0.05, 0) is 32.4 Å². The Labute approximate surface area is 121 Å². The lowest BCUT2D eigenvalue weighted by Gasteiger charge is -2.43. The largest absolute Gasteiger partial charge is 0.468 e. The van der Waals surface area contributed by atoms with Crippen molar-refractivity contribution in [3.63, 3.8) is 0 Å². The first-order chi connectivity index (χ1) is 9.56. The fourth-order valence-corrected chi connectivity index (χ4v) is 2.83. The molecule has 1 aromatic rings. The molecule has 1 N–H and O–H groups in total. The van der Waals surface area contributed by atoms with Crippen molar-refractivity contribution in [2.75, 3.05) is 20.7 Å². The molecule has 1 aliphatic rings. The highest BCUT2D eigenvalue weighted by Gasteiger charge is 2.43. The van der Waals surface area contributed by atoms with Crippen LogP contribution in [0.1, 0.15) is 25.3 Å². The number of likely N-dealkylation sites (N-methyl/N-ethyl adjacent to an activating group) is 1. The number of rotatable bonds is 4. The Hall–Kier alpha value is -1.39. The van der Waals surface area contributed by atoms with Crippen LogP contribution in [0.3, 0.4) is 0 Å². The van der Waals surface area contributed by atoms with Crippen LogP contribution in [0.25, 0.3) is 0 Å². The second-order valence-corrected chi connectivity index (χ2v) is 5.74. The molecule has 2 atom stereocenters. The van der Waals surface area contributed by atoms with Gasteiger partial charge in [-0.1, -0.05) is 30.3 Å². The lowest BCUT2D eigenvalue weighted by atomic mass is 9.85. The van der Waals surface area contributed by atoms with Crippen LogP contribution in [0.15, 0.2) is 30.3 Å². The van der Waals surface area contributed by atoms with Crippen LogP contribution in [0.4, 0.5) is 0 Å². The summed E-state index contributed by atoms with van der Waals surface area (Å²) in [5.74, 6) is -0.147. The molecule has 1 fully saturated rings. The Kier molecular flexibility index (Phi) is 4.78. The smallest absolute Gasteiger partial charge is 0.326 e. The Morgan fingerprint density at radius 2 is 2.15 bits per heavy atom. The van der Waals surface area contributed by atoms with Crippen molar-refractivity contribution in [2.24, 2.45) is 0 Å². The molecule has 1 aliphatic heterocycles. The zero-order valence-corrected chi connectivity index (χ0v) is 12.6. The lowest BCUT2D eigenvalue weighted by Crippen LogP contribution is -2.59. The van der Waals surface area contributed by atoms with E-state index in [4.69, 9.17) is 4.74 Å². The van der Waals surface area contributed by atoms with Crippen molar-refractivity contribution in [1.82, 2.24) is 10.2 Å². The number of piperidine rings is 1. The molecule has 0 bridgehead atoms. The highest BCUT2D eigenvalue weighted by atomic mass is 16.5. The summed E-state index contributed by atoms with van der Waals surface area (Å²) >= 11 is 0. The molecular formula is C16H24N2O2. The number of nitrogens with zero attached hydrogens (tertiary/aromatic N) is 1. The van der Waals surface area contributed by atoms with Gasteiger partial charge in [0, 0.05) is 19.1 Å². The van der Waals surface area contributed by atoms with E-state index in [0.29, 0.717) is 6.04 Å². The second kappa shape index (κ2) is 6.37. The molecule has 2 unspecified atom stereocenters. The molecule has 1 heterocycles.